The third kappa shape index (κ3) is 2.05. The fraction of sp³-hybridized carbons (Fsp3) is 0.571. The molecule has 0 bridgehead atoms. The molecule has 2 aliphatic rings. The highest BCUT2D eigenvalue weighted by molar-refractivity contribution is 6.35. The molecule has 2 nitrogen and oxygen atoms in total. The van der Waals surface area contributed by atoms with Crippen molar-refractivity contribution in [2.24, 2.45) is 11.7 Å². The van der Waals surface area contributed by atoms with Gasteiger partial charge in [0.15, 0.2) is 0 Å². The molecule has 0 aromatic heterocycles. The Hall–Kier alpha value is -0.280. The van der Waals surface area contributed by atoms with Crippen molar-refractivity contribution in [3.63, 3.8) is 0 Å². The van der Waals surface area contributed by atoms with E-state index >= 15 is 0 Å². The van der Waals surface area contributed by atoms with Crippen LogP contribution in [0.3, 0.4) is 0 Å². The highest BCUT2D eigenvalue weighted by Gasteiger charge is 2.37. The minimum Gasteiger partial charge on any atom is -0.323 e. The van der Waals surface area contributed by atoms with Gasteiger partial charge in [-0.25, -0.2) is 0 Å². The number of nitrogens with zero attached hydrogens (tertiary/aromatic N) is 1. The third-order valence-electron chi connectivity index (χ3n) is 4.31. The lowest BCUT2D eigenvalue weighted by molar-refractivity contribution is 0.216. The van der Waals surface area contributed by atoms with E-state index in [2.05, 4.69) is 11.8 Å². The van der Waals surface area contributed by atoms with E-state index in [0.717, 1.165) is 36.0 Å². The van der Waals surface area contributed by atoms with Crippen molar-refractivity contribution >= 4 is 23.2 Å². The zero-order chi connectivity index (χ0) is 12.9. The van der Waals surface area contributed by atoms with Crippen molar-refractivity contribution in [3.8, 4) is 0 Å². The molecule has 1 fully saturated rings. The summed E-state index contributed by atoms with van der Waals surface area (Å²) in [6, 6.07) is 4.23. The van der Waals surface area contributed by atoms with Gasteiger partial charge in [-0.1, -0.05) is 30.1 Å². The molecule has 1 aromatic carbocycles. The van der Waals surface area contributed by atoms with E-state index in [0.29, 0.717) is 11.1 Å². The lowest BCUT2D eigenvalue weighted by Crippen LogP contribution is -2.39. The first-order valence-electron chi connectivity index (χ1n) is 6.53. The summed E-state index contributed by atoms with van der Waals surface area (Å²) in [6.07, 6.45) is 2.23. The Balaban J connectivity index is 1.89. The van der Waals surface area contributed by atoms with Crippen LogP contribution in [0.25, 0.3) is 0 Å². The maximum absolute atomic E-state index is 6.39. The van der Waals surface area contributed by atoms with Gasteiger partial charge in [-0.3, -0.25) is 4.90 Å². The lowest BCUT2D eigenvalue weighted by atomic mass is 10.1. The fourth-order valence-corrected chi connectivity index (χ4v) is 3.89. The van der Waals surface area contributed by atoms with Crippen LogP contribution >= 0.6 is 23.2 Å². The SMILES string of the molecule is C[C@@H]1CCN([C@H]2Cc3c(Cl)cc(Cl)cc3[C@@H]2N)C1. The quantitative estimate of drug-likeness (QED) is 0.858. The molecule has 0 saturated carbocycles. The van der Waals surface area contributed by atoms with Crippen LogP contribution in [0, 0.1) is 5.92 Å². The second kappa shape index (κ2) is 4.68. The molecule has 1 heterocycles. The van der Waals surface area contributed by atoms with Crippen molar-refractivity contribution in [3.05, 3.63) is 33.3 Å². The van der Waals surface area contributed by atoms with Crippen molar-refractivity contribution in [1.29, 1.82) is 0 Å². The van der Waals surface area contributed by atoms with E-state index in [9.17, 15) is 0 Å². The van der Waals surface area contributed by atoms with Gasteiger partial charge in [0.1, 0.15) is 0 Å². The molecular weight excluding hydrogens is 267 g/mol. The summed E-state index contributed by atoms with van der Waals surface area (Å²) in [7, 11) is 0. The van der Waals surface area contributed by atoms with Gasteiger partial charge < -0.3 is 5.73 Å². The van der Waals surface area contributed by atoms with Crippen LogP contribution in [0.1, 0.15) is 30.5 Å². The Bertz CT molecular complexity index is 475. The predicted octanol–water partition coefficient (Wildman–Crippen LogP) is 3.26. The summed E-state index contributed by atoms with van der Waals surface area (Å²) in [5.41, 5.74) is 8.72. The smallest absolute Gasteiger partial charge is 0.0460 e. The molecule has 1 aromatic rings. The number of nitrogens with two attached hydrogens (primary N) is 1. The van der Waals surface area contributed by atoms with E-state index in [4.69, 9.17) is 28.9 Å². The minimum atomic E-state index is 0.0431. The second-order valence-corrected chi connectivity index (χ2v) is 6.49. The van der Waals surface area contributed by atoms with E-state index in [-0.39, 0.29) is 6.04 Å². The van der Waals surface area contributed by atoms with Gasteiger partial charge in [0.2, 0.25) is 0 Å². The maximum Gasteiger partial charge on any atom is 0.0460 e. The first kappa shape index (κ1) is 12.7. The summed E-state index contributed by atoms with van der Waals surface area (Å²) < 4.78 is 0. The summed E-state index contributed by atoms with van der Waals surface area (Å²) in [6.45, 7) is 4.61. The molecule has 1 saturated heterocycles. The van der Waals surface area contributed by atoms with Crippen LogP contribution in [-0.4, -0.2) is 24.0 Å². The second-order valence-electron chi connectivity index (χ2n) is 5.64. The van der Waals surface area contributed by atoms with Crippen LogP contribution in [0.15, 0.2) is 12.1 Å². The number of benzene rings is 1. The molecule has 0 amide bonds. The Morgan fingerprint density at radius 2 is 2.11 bits per heavy atom. The molecular formula is C14H18Cl2N2. The fourth-order valence-electron chi connectivity index (χ4n) is 3.31. The molecule has 3 atom stereocenters. The van der Waals surface area contributed by atoms with Gasteiger partial charge in [0.25, 0.3) is 0 Å². The molecule has 2 N–H and O–H groups in total. The zero-order valence-electron chi connectivity index (χ0n) is 10.5. The summed E-state index contributed by atoms with van der Waals surface area (Å²) >= 11 is 12.4. The van der Waals surface area contributed by atoms with Crippen molar-refractivity contribution in [1.82, 2.24) is 4.90 Å². The number of hydrogen-bond donors (Lipinski definition) is 1. The van der Waals surface area contributed by atoms with Crippen molar-refractivity contribution in [2.45, 2.75) is 31.8 Å². The van der Waals surface area contributed by atoms with Gasteiger partial charge in [0, 0.05) is 28.7 Å². The molecule has 1 aliphatic carbocycles. The molecule has 1 aliphatic heterocycles. The molecule has 4 heteroatoms. The molecule has 0 unspecified atom stereocenters. The topological polar surface area (TPSA) is 29.3 Å². The molecule has 98 valence electrons. The Morgan fingerprint density at radius 1 is 1.33 bits per heavy atom. The number of fused-ring (bicyclic) bond motifs is 1. The highest BCUT2D eigenvalue weighted by Crippen LogP contribution is 2.40. The van der Waals surface area contributed by atoms with Crippen LogP contribution in [0.2, 0.25) is 10.0 Å². The van der Waals surface area contributed by atoms with E-state index in [1.807, 2.05) is 12.1 Å². The summed E-state index contributed by atoms with van der Waals surface area (Å²) in [4.78, 5) is 2.51. The third-order valence-corrected chi connectivity index (χ3v) is 4.86. The summed E-state index contributed by atoms with van der Waals surface area (Å²) in [5.74, 6) is 0.778. The van der Waals surface area contributed by atoms with Gasteiger partial charge in [-0.15, -0.1) is 0 Å². The van der Waals surface area contributed by atoms with E-state index in [1.54, 1.807) is 0 Å². The number of hydrogen-bond acceptors (Lipinski definition) is 2. The van der Waals surface area contributed by atoms with Gasteiger partial charge in [0.05, 0.1) is 0 Å². The molecule has 0 spiro atoms. The highest BCUT2D eigenvalue weighted by atomic mass is 35.5. The first-order valence-corrected chi connectivity index (χ1v) is 7.29. The standard InChI is InChI=1S/C14H18Cl2N2/c1-8-2-3-18(7-8)13-6-10-11(14(13)17)4-9(15)5-12(10)16/h4-5,8,13-14H,2-3,6-7,17H2,1H3/t8-,13+,14+/m1/s1. The van der Waals surface area contributed by atoms with Crippen molar-refractivity contribution < 1.29 is 0 Å². The molecule has 0 radical (unpaired) electrons. The normalized spacial score (nSPS) is 31.9. The first-order chi connectivity index (χ1) is 8.56. The van der Waals surface area contributed by atoms with Crippen LogP contribution in [0.4, 0.5) is 0 Å². The van der Waals surface area contributed by atoms with E-state index in [1.165, 1.54) is 12.0 Å². The number of halogens is 2. The van der Waals surface area contributed by atoms with Gasteiger partial charge in [-0.05, 0) is 48.6 Å². The Kier molecular flexibility index (Phi) is 3.31. The maximum atomic E-state index is 6.39. The number of rotatable bonds is 1. The lowest BCUT2D eigenvalue weighted by Gasteiger charge is -2.27. The van der Waals surface area contributed by atoms with Crippen LogP contribution < -0.4 is 5.73 Å². The monoisotopic (exact) mass is 284 g/mol. The molecule has 18 heavy (non-hydrogen) atoms. The predicted molar refractivity (Wildman–Crippen MR) is 76.2 cm³/mol. The average Bonchev–Trinajstić information content (AvgIpc) is 2.85. The van der Waals surface area contributed by atoms with Crippen LogP contribution in [0.5, 0.6) is 0 Å². The minimum absolute atomic E-state index is 0.0431. The van der Waals surface area contributed by atoms with Gasteiger partial charge >= 0.3 is 0 Å². The Labute approximate surface area is 118 Å². The van der Waals surface area contributed by atoms with E-state index < -0.39 is 0 Å². The van der Waals surface area contributed by atoms with Crippen LogP contribution in [-0.2, 0) is 6.42 Å². The Morgan fingerprint density at radius 3 is 2.78 bits per heavy atom. The summed E-state index contributed by atoms with van der Waals surface area (Å²) in [5, 5.41) is 1.45. The average molecular weight is 285 g/mol. The van der Waals surface area contributed by atoms with Gasteiger partial charge in [-0.2, -0.15) is 0 Å². The zero-order valence-corrected chi connectivity index (χ0v) is 12.0. The molecule has 3 rings (SSSR count). The largest absolute Gasteiger partial charge is 0.323 e. The number of likely N-dealkylation sites (tertiary alicyclic amines) is 1. The van der Waals surface area contributed by atoms with Crippen molar-refractivity contribution in [2.75, 3.05) is 13.1 Å².